The lowest BCUT2D eigenvalue weighted by atomic mass is 9.91. The van der Waals surface area contributed by atoms with E-state index < -0.39 is 0 Å². The number of hydrogen-bond acceptors (Lipinski definition) is 2. The van der Waals surface area contributed by atoms with Gasteiger partial charge in [-0.15, -0.1) is 0 Å². The minimum absolute atomic E-state index is 1.08. The molecule has 320 valence electrons. The van der Waals surface area contributed by atoms with Crippen molar-refractivity contribution >= 4 is 66.4 Å². The molecule has 2 heteroatoms. The zero-order chi connectivity index (χ0) is 45.2. The van der Waals surface area contributed by atoms with Gasteiger partial charge in [-0.1, -0.05) is 231 Å². The van der Waals surface area contributed by atoms with Gasteiger partial charge in [-0.05, 0) is 104 Å². The van der Waals surface area contributed by atoms with Crippen molar-refractivity contribution in [2.75, 3.05) is 9.80 Å². The largest absolute Gasteiger partial charge is 0.309 e. The summed E-state index contributed by atoms with van der Waals surface area (Å²) in [7, 11) is 0. The highest BCUT2D eigenvalue weighted by atomic mass is 15.2. The first kappa shape index (κ1) is 40.5. The normalized spacial score (nSPS) is 11.2. The van der Waals surface area contributed by atoms with E-state index in [2.05, 4.69) is 289 Å². The molecular weight excluding hydrogens is 821 g/mol. The summed E-state index contributed by atoms with van der Waals surface area (Å²) < 4.78 is 0. The van der Waals surface area contributed by atoms with Crippen molar-refractivity contribution in [3.63, 3.8) is 0 Å². The molecule has 0 aliphatic heterocycles. The van der Waals surface area contributed by atoms with Crippen molar-refractivity contribution in [2.45, 2.75) is 0 Å². The quantitative estimate of drug-likeness (QED) is 0.0768. The van der Waals surface area contributed by atoms with E-state index in [1.807, 2.05) is 0 Å². The van der Waals surface area contributed by atoms with Crippen molar-refractivity contribution in [3.8, 4) is 44.5 Å². The Balaban J connectivity index is 1.15. The van der Waals surface area contributed by atoms with Gasteiger partial charge in [0.25, 0.3) is 0 Å². The maximum atomic E-state index is 2.49. The maximum Gasteiger partial charge on any atom is 0.0626 e. The third-order valence-electron chi connectivity index (χ3n) is 13.2. The summed E-state index contributed by atoms with van der Waals surface area (Å²) in [6.07, 6.45) is 0. The van der Waals surface area contributed by atoms with Gasteiger partial charge in [0.1, 0.15) is 0 Å². The molecule has 12 aromatic rings. The number of anilines is 6. The Morgan fingerprint density at radius 3 is 1.01 bits per heavy atom. The summed E-state index contributed by atoms with van der Waals surface area (Å²) in [5.74, 6) is 0. The molecule has 0 fully saturated rings. The smallest absolute Gasteiger partial charge is 0.0626 e. The first-order chi connectivity index (χ1) is 33.7. The first-order valence-corrected chi connectivity index (χ1v) is 23.3. The van der Waals surface area contributed by atoms with E-state index in [0.717, 1.165) is 55.8 Å². The van der Waals surface area contributed by atoms with E-state index in [1.54, 1.807) is 0 Å². The Hall–Kier alpha value is -8.98. The molecule has 12 rings (SSSR count). The monoisotopic (exact) mass is 866 g/mol. The standard InChI is InChI=1S/C66H46N2/c1-5-18-47(19-6-1)51-32-39-56(40-33-51)67(57-41-34-52(35-42-57)48-20-7-2-8-21-48)66-62-31-16-15-30-61(62)65(63-45-38-54-26-13-14-29-60(54)64(63)66)68(58-43-36-53(37-44-58)49-22-9-3-10-23-49)59-28-17-27-55(46-59)50-24-11-4-12-25-50/h1-46H. The van der Waals surface area contributed by atoms with E-state index in [-0.39, 0.29) is 0 Å². The Labute approximate surface area is 397 Å². The summed E-state index contributed by atoms with van der Waals surface area (Å²) in [6.45, 7) is 0. The van der Waals surface area contributed by atoms with Crippen LogP contribution in [0.15, 0.2) is 279 Å². The number of benzene rings is 12. The fourth-order valence-electron chi connectivity index (χ4n) is 9.94. The molecule has 0 amide bonds. The lowest BCUT2D eigenvalue weighted by Gasteiger charge is -2.33. The SMILES string of the molecule is c1ccc(-c2ccc(N(c3cccc(-c4ccccc4)c3)c3c4ccccc4c(N(c4ccc(-c5ccccc5)cc4)c4ccc(-c5ccccc5)cc4)c4c3ccc3ccccc34)cc2)cc1. The predicted octanol–water partition coefficient (Wildman–Crippen LogP) is 18.8. The molecule has 0 unspecified atom stereocenters. The lowest BCUT2D eigenvalue weighted by Crippen LogP contribution is -2.15. The fraction of sp³-hybridized carbons (Fsp3) is 0. The topological polar surface area (TPSA) is 6.48 Å². The minimum Gasteiger partial charge on any atom is -0.309 e. The number of fused-ring (bicyclic) bond motifs is 4. The average molecular weight is 867 g/mol. The molecule has 2 nitrogen and oxygen atoms in total. The highest BCUT2D eigenvalue weighted by Gasteiger charge is 2.27. The molecule has 0 aromatic heterocycles. The molecule has 0 heterocycles. The van der Waals surface area contributed by atoms with Gasteiger partial charge in [-0.2, -0.15) is 0 Å². The maximum absolute atomic E-state index is 2.49. The second-order valence-electron chi connectivity index (χ2n) is 17.3. The molecule has 68 heavy (non-hydrogen) atoms. The molecule has 0 bridgehead atoms. The molecule has 0 radical (unpaired) electrons. The summed E-state index contributed by atoms with van der Waals surface area (Å²) in [5.41, 5.74) is 16.0. The van der Waals surface area contributed by atoms with E-state index in [4.69, 9.17) is 0 Å². The van der Waals surface area contributed by atoms with Crippen LogP contribution in [0.25, 0.3) is 76.8 Å². The van der Waals surface area contributed by atoms with Gasteiger partial charge in [-0.3, -0.25) is 0 Å². The van der Waals surface area contributed by atoms with Crippen LogP contribution in [0.1, 0.15) is 0 Å². The van der Waals surface area contributed by atoms with E-state index >= 15 is 0 Å². The number of rotatable bonds is 10. The summed E-state index contributed by atoms with van der Waals surface area (Å²) >= 11 is 0. The van der Waals surface area contributed by atoms with Gasteiger partial charge >= 0.3 is 0 Å². The summed E-state index contributed by atoms with van der Waals surface area (Å²) in [5, 5.41) is 7.01. The molecule has 0 aliphatic rings. The highest BCUT2D eigenvalue weighted by Crippen LogP contribution is 2.53. The van der Waals surface area contributed by atoms with Crippen LogP contribution in [0.3, 0.4) is 0 Å². The Bertz CT molecular complexity index is 3600. The molecule has 0 saturated heterocycles. The van der Waals surface area contributed by atoms with Crippen molar-refractivity contribution in [1.29, 1.82) is 0 Å². The van der Waals surface area contributed by atoms with Crippen LogP contribution in [-0.4, -0.2) is 0 Å². The van der Waals surface area contributed by atoms with Crippen LogP contribution in [0, 0.1) is 0 Å². The predicted molar refractivity (Wildman–Crippen MR) is 290 cm³/mol. The van der Waals surface area contributed by atoms with Crippen LogP contribution >= 0.6 is 0 Å². The van der Waals surface area contributed by atoms with Gasteiger partial charge in [0.2, 0.25) is 0 Å². The van der Waals surface area contributed by atoms with E-state index in [9.17, 15) is 0 Å². The van der Waals surface area contributed by atoms with E-state index in [1.165, 1.54) is 55.1 Å². The van der Waals surface area contributed by atoms with Gasteiger partial charge in [0.15, 0.2) is 0 Å². The van der Waals surface area contributed by atoms with E-state index in [0.29, 0.717) is 0 Å². The van der Waals surface area contributed by atoms with Crippen LogP contribution in [0.4, 0.5) is 34.1 Å². The minimum atomic E-state index is 1.08. The Morgan fingerprint density at radius 1 is 0.191 bits per heavy atom. The zero-order valence-corrected chi connectivity index (χ0v) is 37.5. The Morgan fingerprint density at radius 2 is 0.544 bits per heavy atom. The van der Waals surface area contributed by atoms with Crippen LogP contribution in [0.5, 0.6) is 0 Å². The summed E-state index contributed by atoms with van der Waals surface area (Å²) in [6, 6.07) is 101. The third kappa shape index (κ3) is 7.54. The summed E-state index contributed by atoms with van der Waals surface area (Å²) in [4.78, 5) is 4.97. The number of hydrogen-bond donors (Lipinski definition) is 0. The lowest BCUT2D eigenvalue weighted by molar-refractivity contribution is 1.30. The molecule has 0 aliphatic carbocycles. The first-order valence-electron chi connectivity index (χ1n) is 23.3. The molecular formula is C66H46N2. The fourth-order valence-corrected chi connectivity index (χ4v) is 9.94. The van der Waals surface area contributed by atoms with Gasteiger partial charge in [0.05, 0.1) is 11.4 Å². The second-order valence-corrected chi connectivity index (χ2v) is 17.3. The third-order valence-corrected chi connectivity index (χ3v) is 13.2. The van der Waals surface area contributed by atoms with Gasteiger partial charge in [-0.25, -0.2) is 0 Å². The highest BCUT2D eigenvalue weighted by molar-refractivity contribution is 6.29. The zero-order valence-electron chi connectivity index (χ0n) is 37.5. The second kappa shape index (κ2) is 17.8. The van der Waals surface area contributed by atoms with Crippen LogP contribution in [0.2, 0.25) is 0 Å². The molecule has 0 N–H and O–H groups in total. The number of nitrogens with zero attached hydrogens (tertiary/aromatic N) is 2. The molecule has 0 saturated carbocycles. The van der Waals surface area contributed by atoms with Gasteiger partial charge < -0.3 is 9.80 Å². The molecule has 0 spiro atoms. The van der Waals surface area contributed by atoms with Crippen molar-refractivity contribution in [3.05, 3.63) is 279 Å². The van der Waals surface area contributed by atoms with Crippen molar-refractivity contribution in [1.82, 2.24) is 0 Å². The molecule has 0 atom stereocenters. The van der Waals surface area contributed by atoms with Crippen molar-refractivity contribution < 1.29 is 0 Å². The van der Waals surface area contributed by atoms with Crippen LogP contribution in [-0.2, 0) is 0 Å². The van der Waals surface area contributed by atoms with Crippen LogP contribution < -0.4 is 9.80 Å². The molecule has 12 aromatic carbocycles. The van der Waals surface area contributed by atoms with Gasteiger partial charge in [0, 0.05) is 44.3 Å². The average Bonchev–Trinajstić information content (AvgIpc) is 3.43. The van der Waals surface area contributed by atoms with Crippen molar-refractivity contribution in [2.24, 2.45) is 0 Å². The Kier molecular flexibility index (Phi) is 10.6.